The van der Waals surface area contributed by atoms with E-state index in [1.165, 1.54) is 27.9 Å². The molecule has 0 spiro atoms. The first-order valence-electron chi connectivity index (χ1n) is 6.15. The largest absolute Gasteiger partial charge is 0.392 e. The van der Waals surface area contributed by atoms with Crippen molar-refractivity contribution in [1.29, 1.82) is 0 Å². The first-order valence-corrected chi connectivity index (χ1v) is 6.15. The second kappa shape index (κ2) is 6.01. The van der Waals surface area contributed by atoms with Gasteiger partial charge in [-0.15, -0.1) is 0 Å². The summed E-state index contributed by atoms with van der Waals surface area (Å²) < 4.78 is 0. The maximum absolute atomic E-state index is 9.45. The van der Waals surface area contributed by atoms with Gasteiger partial charge in [0.1, 0.15) is 0 Å². The van der Waals surface area contributed by atoms with Crippen LogP contribution in [0.2, 0.25) is 0 Å². The first kappa shape index (κ1) is 15.4. The Bertz CT molecular complexity index is 512. The average Bonchev–Trinajstić information content (AvgIpc) is 2.54. The van der Waals surface area contributed by atoms with Crippen LogP contribution in [0.1, 0.15) is 38.8 Å². The molecule has 1 aliphatic carbocycles. The van der Waals surface area contributed by atoms with Crippen LogP contribution >= 0.6 is 0 Å². The van der Waals surface area contributed by atoms with Gasteiger partial charge in [0.25, 0.3) is 0 Å². The number of rotatable bonds is 2. The average molecular weight is 276 g/mol. The Kier molecular flexibility index (Phi) is 5.15. The van der Waals surface area contributed by atoms with E-state index in [9.17, 15) is 5.11 Å². The molecule has 0 radical (unpaired) electrons. The summed E-state index contributed by atoms with van der Waals surface area (Å²) in [5.74, 6) is 0.461. The summed E-state index contributed by atoms with van der Waals surface area (Å²) in [5.41, 5.74) is 7.83. The van der Waals surface area contributed by atoms with E-state index >= 15 is 0 Å². The smallest absolute Gasteiger partial charge is 0.0687 e. The molecule has 1 aromatic carbocycles. The minimum absolute atomic E-state index is 0. The van der Waals surface area contributed by atoms with E-state index in [0.29, 0.717) is 5.92 Å². The van der Waals surface area contributed by atoms with Gasteiger partial charge in [-0.05, 0) is 48.6 Å². The molecule has 0 aliphatic heterocycles. The van der Waals surface area contributed by atoms with Gasteiger partial charge in [-0.1, -0.05) is 36.8 Å². The Morgan fingerprint density at radius 3 is 2.17 bits per heavy atom. The van der Waals surface area contributed by atoms with Crippen LogP contribution in [0.15, 0.2) is 41.0 Å². The SMILES string of the molecule is CC1=C(C)C(C)C(c2ccccc2CO)=C1C.[Ti]. The molecular formula is C16H20OTi. The van der Waals surface area contributed by atoms with Crippen LogP contribution in [0.3, 0.4) is 0 Å². The molecule has 1 aliphatic rings. The fourth-order valence-electron chi connectivity index (χ4n) is 2.72. The third-order valence-electron chi connectivity index (χ3n) is 4.12. The second-order valence-corrected chi connectivity index (χ2v) is 4.88. The molecule has 0 aromatic heterocycles. The predicted molar refractivity (Wildman–Crippen MR) is 72.5 cm³/mol. The van der Waals surface area contributed by atoms with Crippen molar-refractivity contribution in [2.75, 3.05) is 0 Å². The van der Waals surface area contributed by atoms with Crippen LogP contribution in [-0.4, -0.2) is 5.11 Å². The molecule has 1 unspecified atom stereocenters. The van der Waals surface area contributed by atoms with Crippen molar-refractivity contribution >= 4 is 5.57 Å². The van der Waals surface area contributed by atoms with Crippen molar-refractivity contribution in [3.05, 3.63) is 52.1 Å². The van der Waals surface area contributed by atoms with Gasteiger partial charge in [0.15, 0.2) is 0 Å². The summed E-state index contributed by atoms with van der Waals surface area (Å²) >= 11 is 0. The van der Waals surface area contributed by atoms with Gasteiger partial charge in [-0.25, -0.2) is 0 Å². The van der Waals surface area contributed by atoms with Crippen LogP contribution in [0, 0.1) is 5.92 Å². The quantitative estimate of drug-likeness (QED) is 0.811. The maximum Gasteiger partial charge on any atom is 0.0687 e. The van der Waals surface area contributed by atoms with E-state index < -0.39 is 0 Å². The molecule has 0 amide bonds. The molecule has 2 heteroatoms. The zero-order chi connectivity index (χ0) is 12.6. The fraction of sp³-hybridized carbons (Fsp3) is 0.375. The third kappa shape index (κ3) is 2.40. The topological polar surface area (TPSA) is 20.2 Å². The molecule has 1 N–H and O–H groups in total. The van der Waals surface area contributed by atoms with E-state index in [1.807, 2.05) is 18.2 Å². The molecule has 94 valence electrons. The standard InChI is InChI=1S/C16H20O.Ti/c1-10-11(2)13(4)16(12(10)3)15-8-6-5-7-14(15)9-17;/h5-8,12,17H,9H2,1-4H3;. The second-order valence-electron chi connectivity index (χ2n) is 4.88. The zero-order valence-electron chi connectivity index (χ0n) is 11.5. The Balaban J connectivity index is 0.00000162. The summed E-state index contributed by atoms with van der Waals surface area (Å²) in [6, 6.07) is 8.15. The van der Waals surface area contributed by atoms with Crippen LogP contribution in [0.4, 0.5) is 0 Å². The van der Waals surface area contributed by atoms with E-state index in [2.05, 4.69) is 33.8 Å². The van der Waals surface area contributed by atoms with Gasteiger partial charge < -0.3 is 5.11 Å². The van der Waals surface area contributed by atoms with Gasteiger partial charge in [-0.2, -0.15) is 0 Å². The molecule has 0 fully saturated rings. The number of hydrogen-bond acceptors (Lipinski definition) is 1. The van der Waals surface area contributed by atoms with Gasteiger partial charge in [0.2, 0.25) is 0 Å². The molecule has 0 bridgehead atoms. The molecule has 1 atom stereocenters. The summed E-state index contributed by atoms with van der Waals surface area (Å²) in [7, 11) is 0. The molecule has 18 heavy (non-hydrogen) atoms. The molecule has 2 rings (SSSR count). The van der Waals surface area contributed by atoms with Gasteiger partial charge >= 0.3 is 0 Å². The van der Waals surface area contributed by atoms with Gasteiger partial charge in [0.05, 0.1) is 6.61 Å². The number of hydrogen-bond donors (Lipinski definition) is 1. The number of benzene rings is 1. The third-order valence-corrected chi connectivity index (χ3v) is 4.12. The molecule has 1 nitrogen and oxygen atoms in total. The van der Waals surface area contributed by atoms with E-state index in [0.717, 1.165) is 5.56 Å². The Hall–Kier alpha value is -0.626. The van der Waals surface area contributed by atoms with Gasteiger partial charge in [-0.3, -0.25) is 0 Å². The minimum Gasteiger partial charge on any atom is -0.392 e. The van der Waals surface area contributed by atoms with Crippen LogP contribution in [0.25, 0.3) is 5.57 Å². The number of aliphatic hydroxyl groups excluding tert-OH is 1. The Labute approximate surface area is 124 Å². The fourth-order valence-corrected chi connectivity index (χ4v) is 2.72. The summed E-state index contributed by atoms with van der Waals surface area (Å²) in [4.78, 5) is 0. The van der Waals surface area contributed by atoms with E-state index in [1.54, 1.807) is 0 Å². The van der Waals surface area contributed by atoms with Crippen molar-refractivity contribution in [3.8, 4) is 0 Å². The van der Waals surface area contributed by atoms with Gasteiger partial charge in [0, 0.05) is 27.6 Å². The molecule has 0 saturated heterocycles. The summed E-state index contributed by atoms with van der Waals surface area (Å²) in [6.45, 7) is 8.94. The number of allylic oxidation sites excluding steroid dienone is 4. The van der Waals surface area contributed by atoms with Crippen LogP contribution in [-0.2, 0) is 28.3 Å². The molecule has 1 aromatic rings. The van der Waals surface area contributed by atoms with Crippen molar-refractivity contribution in [3.63, 3.8) is 0 Å². The zero-order valence-corrected chi connectivity index (χ0v) is 13.1. The minimum atomic E-state index is 0. The van der Waals surface area contributed by atoms with Crippen molar-refractivity contribution in [1.82, 2.24) is 0 Å². The Morgan fingerprint density at radius 2 is 1.67 bits per heavy atom. The Morgan fingerprint density at radius 1 is 1.06 bits per heavy atom. The van der Waals surface area contributed by atoms with Crippen LogP contribution in [0.5, 0.6) is 0 Å². The summed E-state index contributed by atoms with van der Waals surface area (Å²) in [6.07, 6.45) is 0. The van der Waals surface area contributed by atoms with E-state index in [-0.39, 0.29) is 28.3 Å². The monoisotopic (exact) mass is 276 g/mol. The first-order chi connectivity index (χ1) is 8.07. The van der Waals surface area contributed by atoms with Crippen molar-refractivity contribution in [2.45, 2.75) is 34.3 Å². The van der Waals surface area contributed by atoms with E-state index in [4.69, 9.17) is 0 Å². The normalized spacial score (nSPS) is 19.3. The molecule has 0 saturated carbocycles. The summed E-state index contributed by atoms with van der Waals surface area (Å²) in [5, 5.41) is 9.45. The van der Waals surface area contributed by atoms with Crippen molar-refractivity contribution < 1.29 is 26.8 Å². The maximum atomic E-state index is 9.45. The number of aliphatic hydroxyl groups is 1. The molecular weight excluding hydrogens is 256 g/mol. The predicted octanol–water partition coefficient (Wildman–Crippen LogP) is 3.94. The van der Waals surface area contributed by atoms with Crippen molar-refractivity contribution in [2.24, 2.45) is 5.92 Å². The van der Waals surface area contributed by atoms with Crippen LogP contribution < -0.4 is 0 Å². The molecule has 0 heterocycles.